The number of nitrogens with zero attached hydrogens (tertiary/aromatic N) is 1. The predicted molar refractivity (Wildman–Crippen MR) is 88.8 cm³/mol. The highest BCUT2D eigenvalue weighted by atomic mass is 79.9. The quantitative estimate of drug-likeness (QED) is 0.731. The van der Waals surface area contributed by atoms with Crippen LogP contribution in [-0.4, -0.2) is 29.3 Å². The number of anilines is 1. The molecule has 0 aliphatic carbocycles. The van der Waals surface area contributed by atoms with Crippen molar-refractivity contribution >= 4 is 38.8 Å². The predicted octanol–water partition coefficient (Wildman–Crippen LogP) is 3.21. The Morgan fingerprint density at radius 2 is 2.05 bits per heavy atom. The second-order valence-electron chi connectivity index (χ2n) is 4.51. The van der Waals surface area contributed by atoms with Crippen LogP contribution in [0.3, 0.4) is 0 Å². The zero-order valence-corrected chi connectivity index (χ0v) is 14.1. The highest BCUT2D eigenvalue weighted by Crippen LogP contribution is 2.31. The van der Waals surface area contributed by atoms with Crippen molar-refractivity contribution in [2.24, 2.45) is 5.73 Å². The number of thiocarbonyl (C=S) groups is 1. The average Bonchev–Trinajstić information content (AvgIpc) is 2.42. The summed E-state index contributed by atoms with van der Waals surface area (Å²) in [6, 6.07) is 3.55. The number of hydrogen-bond acceptors (Lipinski definition) is 3. The molecule has 1 aromatic carbocycles. The molecule has 0 unspecified atom stereocenters. The molecular formula is C14H20BrFN2OS. The SMILES string of the molecule is CCC(CC)N(CCO)c1ccc(C(N)=S)c(Br)c1F. The van der Waals surface area contributed by atoms with E-state index in [1.807, 2.05) is 4.90 Å². The van der Waals surface area contributed by atoms with Gasteiger partial charge in [0.15, 0.2) is 5.82 Å². The van der Waals surface area contributed by atoms with Crippen molar-refractivity contribution in [3.63, 3.8) is 0 Å². The summed E-state index contributed by atoms with van der Waals surface area (Å²) < 4.78 is 14.8. The third-order valence-corrected chi connectivity index (χ3v) is 4.36. The summed E-state index contributed by atoms with van der Waals surface area (Å²) >= 11 is 8.11. The lowest BCUT2D eigenvalue weighted by molar-refractivity contribution is 0.295. The maximum atomic E-state index is 14.5. The van der Waals surface area contributed by atoms with Crippen LogP contribution in [0.4, 0.5) is 10.1 Å². The van der Waals surface area contributed by atoms with E-state index in [2.05, 4.69) is 29.8 Å². The first-order chi connectivity index (χ1) is 9.47. The van der Waals surface area contributed by atoms with E-state index < -0.39 is 5.82 Å². The molecule has 0 radical (unpaired) electrons. The van der Waals surface area contributed by atoms with E-state index in [0.717, 1.165) is 12.8 Å². The van der Waals surface area contributed by atoms with Crippen LogP contribution in [0.2, 0.25) is 0 Å². The number of aliphatic hydroxyl groups is 1. The van der Waals surface area contributed by atoms with Gasteiger partial charge in [-0.15, -0.1) is 0 Å². The van der Waals surface area contributed by atoms with Gasteiger partial charge < -0.3 is 15.7 Å². The minimum Gasteiger partial charge on any atom is -0.395 e. The lowest BCUT2D eigenvalue weighted by atomic mass is 10.1. The lowest BCUT2D eigenvalue weighted by Crippen LogP contribution is -2.37. The van der Waals surface area contributed by atoms with E-state index in [9.17, 15) is 9.50 Å². The molecule has 20 heavy (non-hydrogen) atoms. The Hall–Kier alpha value is -0.720. The second kappa shape index (κ2) is 7.90. The van der Waals surface area contributed by atoms with Crippen LogP contribution >= 0.6 is 28.1 Å². The summed E-state index contributed by atoms with van der Waals surface area (Å²) in [6.45, 7) is 4.47. The van der Waals surface area contributed by atoms with Gasteiger partial charge in [0.2, 0.25) is 0 Å². The van der Waals surface area contributed by atoms with Crippen molar-refractivity contribution in [1.29, 1.82) is 0 Å². The first-order valence-electron chi connectivity index (χ1n) is 6.63. The van der Waals surface area contributed by atoms with Crippen LogP contribution in [0.5, 0.6) is 0 Å². The van der Waals surface area contributed by atoms with Crippen LogP contribution in [0, 0.1) is 5.82 Å². The summed E-state index contributed by atoms with van der Waals surface area (Å²) in [6.07, 6.45) is 1.76. The molecule has 6 heteroatoms. The fraction of sp³-hybridized carbons (Fsp3) is 0.500. The van der Waals surface area contributed by atoms with E-state index in [1.54, 1.807) is 12.1 Å². The monoisotopic (exact) mass is 362 g/mol. The molecule has 0 fully saturated rings. The van der Waals surface area contributed by atoms with Gasteiger partial charge >= 0.3 is 0 Å². The Labute approximate surface area is 133 Å². The molecule has 1 aromatic rings. The maximum absolute atomic E-state index is 14.5. The summed E-state index contributed by atoms with van der Waals surface area (Å²) in [7, 11) is 0. The van der Waals surface area contributed by atoms with Gasteiger partial charge in [-0.1, -0.05) is 26.1 Å². The Kier molecular flexibility index (Phi) is 6.85. The molecule has 0 aliphatic rings. The minimum absolute atomic E-state index is 0.0232. The fourth-order valence-corrected chi connectivity index (χ4v) is 3.14. The molecule has 0 aliphatic heterocycles. The van der Waals surface area contributed by atoms with Crippen molar-refractivity contribution in [1.82, 2.24) is 0 Å². The zero-order valence-electron chi connectivity index (χ0n) is 11.7. The van der Waals surface area contributed by atoms with Gasteiger partial charge in [-0.25, -0.2) is 4.39 Å². The third kappa shape index (κ3) is 3.68. The van der Waals surface area contributed by atoms with Gasteiger partial charge in [0.05, 0.1) is 16.8 Å². The zero-order chi connectivity index (χ0) is 15.3. The molecule has 3 N–H and O–H groups in total. The van der Waals surface area contributed by atoms with Crippen molar-refractivity contribution in [3.8, 4) is 0 Å². The van der Waals surface area contributed by atoms with E-state index in [4.69, 9.17) is 18.0 Å². The number of benzene rings is 1. The van der Waals surface area contributed by atoms with Crippen molar-refractivity contribution in [2.75, 3.05) is 18.1 Å². The molecule has 3 nitrogen and oxygen atoms in total. The Morgan fingerprint density at radius 1 is 1.45 bits per heavy atom. The van der Waals surface area contributed by atoms with Gasteiger partial charge in [0.1, 0.15) is 4.99 Å². The lowest BCUT2D eigenvalue weighted by Gasteiger charge is -2.32. The van der Waals surface area contributed by atoms with Crippen LogP contribution in [0.25, 0.3) is 0 Å². The largest absolute Gasteiger partial charge is 0.395 e. The van der Waals surface area contributed by atoms with E-state index in [-0.39, 0.29) is 22.1 Å². The first kappa shape index (κ1) is 17.3. The molecule has 0 bridgehead atoms. The standard InChI is InChI=1S/C14H20BrFN2OS/c1-3-9(4-2)18(7-8-19)11-6-5-10(14(17)20)12(15)13(11)16/h5-6,9,19H,3-4,7-8H2,1-2H3,(H2,17,20). The molecule has 0 aromatic heterocycles. The Bertz CT molecular complexity index is 480. The normalized spacial score (nSPS) is 10.9. The number of halogens is 2. The summed E-state index contributed by atoms with van der Waals surface area (Å²) in [5, 5.41) is 9.22. The molecule has 1 rings (SSSR count). The van der Waals surface area contributed by atoms with Gasteiger partial charge in [0, 0.05) is 18.2 Å². The second-order valence-corrected chi connectivity index (χ2v) is 5.74. The fourth-order valence-electron chi connectivity index (χ4n) is 2.29. The molecule has 0 atom stereocenters. The molecule has 0 amide bonds. The Morgan fingerprint density at radius 3 is 2.50 bits per heavy atom. The van der Waals surface area contributed by atoms with Crippen molar-refractivity contribution in [3.05, 3.63) is 28.0 Å². The molecule has 0 heterocycles. The molecule has 112 valence electrons. The number of hydrogen-bond donors (Lipinski definition) is 2. The van der Waals surface area contributed by atoms with E-state index >= 15 is 0 Å². The van der Waals surface area contributed by atoms with Crippen LogP contribution in [0.15, 0.2) is 16.6 Å². The third-order valence-electron chi connectivity index (χ3n) is 3.36. The summed E-state index contributed by atoms with van der Waals surface area (Å²) in [5.74, 6) is -0.393. The van der Waals surface area contributed by atoms with E-state index in [1.165, 1.54) is 0 Å². The van der Waals surface area contributed by atoms with Crippen LogP contribution in [0.1, 0.15) is 32.3 Å². The first-order valence-corrected chi connectivity index (χ1v) is 7.83. The van der Waals surface area contributed by atoms with Crippen LogP contribution < -0.4 is 10.6 Å². The molecular weight excluding hydrogens is 343 g/mol. The van der Waals surface area contributed by atoms with Crippen molar-refractivity contribution in [2.45, 2.75) is 32.7 Å². The highest BCUT2D eigenvalue weighted by molar-refractivity contribution is 9.10. The van der Waals surface area contributed by atoms with Gasteiger partial charge in [-0.2, -0.15) is 0 Å². The molecule has 0 saturated heterocycles. The molecule has 0 saturated carbocycles. The smallest absolute Gasteiger partial charge is 0.161 e. The topological polar surface area (TPSA) is 49.5 Å². The minimum atomic E-state index is -0.393. The van der Waals surface area contributed by atoms with E-state index in [0.29, 0.717) is 17.8 Å². The maximum Gasteiger partial charge on any atom is 0.161 e. The van der Waals surface area contributed by atoms with Gasteiger partial charge in [-0.05, 0) is 40.9 Å². The van der Waals surface area contributed by atoms with Gasteiger partial charge in [-0.3, -0.25) is 0 Å². The number of rotatable bonds is 7. The highest BCUT2D eigenvalue weighted by Gasteiger charge is 2.21. The summed E-state index contributed by atoms with van der Waals surface area (Å²) in [5.41, 5.74) is 6.50. The number of nitrogens with two attached hydrogens (primary N) is 1. The Balaban J connectivity index is 3.27. The van der Waals surface area contributed by atoms with Gasteiger partial charge in [0.25, 0.3) is 0 Å². The molecule has 0 spiro atoms. The average molecular weight is 363 g/mol. The van der Waals surface area contributed by atoms with Crippen LogP contribution in [-0.2, 0) is 0 Å². The van der Waals surface area contributed by atoms with Crippen molar-refractivity contribution < 1.29 is 9.50 Å². The summed E-state index contributed by atoms with van der Waals surface area (Å²) in [4.78, 5) is 2.04. The number of aliphatic hydroxyl groups excluding tert-OH is 1.